The monoisotopic (exact) mass is 436 g/mol. The molecular weight excluding hydrogens is 412 g/mol. The first-order valence-corrected chi connectivity index (χ1v) is 10.3. The molecule has 1 fully saturated rings. The Balaban J connectivity index is 1.79. The van der Waals surface area contributed by atoms with Gasteiger partial charge in [-0.1, -0.05) is 18.2 Å². The number of nitrogens with one attached hydrogen (secondary N) is 1. The molecule has 4 rings (SSSR count). The van der Waals surface area contributed by atoms with Gasteiger partial charge in [-0.15, -0.1) is 0 Å². The smallest absolute Gasteiger partial charge is 0.337 e. The van der Waals surface area contributed by atoms with Gasteiger partial charge in [-0.3, -0.25) is 4.79 Å². The minimum Gasteiger partial charge on any atom is -0.493 e. The number of esters is 1. The number of para-hydroxylation sites is 1. The molecule has 0 unspecified atom stereocenters. The average Bonchev–Trinajstić information content (AvgIpc) is 3.35. The van der Waals surface area contributed by atoms with Crippen molar-refractivity contribution in [3.8, 4) is 5.75 Å². The largest absolute Gasteiger partial charge is 0.493 e. The fraction of sp³-hybridized carbons (Fsp3) is 0.292. The Morgan fingerprint density at radius 2 is 2.00 bits per heavy atom. The first-order valence-electron chi connectivity index (χ1n) is 10.3. The van der Waals surface area contributed by atoms with E-state index in [9.17, 15) is 9.59 Å². The number of ether oxygens (including phenoxy) is 3. The van der Waals surface area contributed by atoms with Crippen LogP contribution in [-0.2, 0) is 9.47 Å². The standard InChI is InChI=1S/C24H24N2O6/c1-29-20-10-4-6-15-13-19(22(27)25-14-18-9-5-11-31-18)23(32-21(15)20)26-17-8-3-7-16(12-17)24(28)30-2/h3-4,6-8,10,12-13,18H,5,9,11,14H2,1-2H3,(H,25,27)/t18-/m1/s1. The van der Waals surface area contributed by atoms with Crippen molar-refractivity contribution < 1.29 is 28.2 Å². The number of nitrogens with zero attached hydrogens (tertiary/aromatic N) is 1. The predicted molar refractivity (Wildman–Crippen MR) is 117 cm³/mol. The summed E-state index contributed by atoms with van der Waals surface area (Å²) in [5, 5.41) is 3.61. The number of rotatable bonds is 6. The SMILES string of the molecule is COC(=O)c1cccc(N=c2oc3c(OC)cccc3cc2C(=O)NC[C@H]2CCCO2)c1. The van der Waals surface area contributed by atoms with E-state index < -0.39 is 5.97 Å². The Kier molecular flexibility index (Phi) is 6.51. The molecule has 32 heavy (non-hydrogen) atoms. The maximum atomic E-state index is 13.0. The second-order valence-electron chi connectivity index (χ2n) is 7.34. The molecular formula is C24H24N2O6. The molecule has 1 N–H and O–H groups in total. The predicted octanol–water partition coefficient (Wildman–Crippen LogP) is 3.37. The zero-order valence-corrected chi connectivity index (χ0v) is 17.9. The van der Waals surface area contributed by atoms with E-state index in [0.717, 1.165) is 12.8 Å². The van der Waals surface area contributed by atoms with Crippen molar-refractivity contribution in [2.75, 3.05) is 27.4 Å². The fourth-order valence-corrected chi connectivity index (χ4v) is 3.58. The van der Waals surface area contributed by atoms with Crippen LogP contribution in [0.25, 0.3) is 11.0 Å². The van der Waals surface area contributed by atoms with E-state index in [1.54, 1.807) is 43.5 Å². The molecule has 3 aromatic rings. The molecule has 1 aliphatic heterocycles. The molecule has 0 radical (unpaired) electrons. The topological polar surface area (TPSA) is 99.4 Å². The molecule has 1 saturated heterocycles. The molecule has 166 valence electrons. The van der Waals surface area contributed by atoms with E-state index in [1.807, 2.05) is 12.1 Å². The van der Waals surface area contributed by atoms with Gasteiger partial charge in [0.1, 0.15) is 5.56 Å². The molecule has 1 amide bonds. The van der Waals surface area contributed by atoms with Crippen LogP contribution in [0.3, 0.4) is 0 Å². The van der Waals surface area contributed by atoms with Crippen LogP contribution in [-0.4, -0.2) is 45.4 Å². The van der Waals surface area contributed by atoms with E-state index in [0.29, 0.717) is 41.1 Å². The number of hydrogen-bond donors (Lipinski definition) is 1. The van der Waals surface area contributed by atoms with Gasteiger partial charge in [-0.05, 0) is 43.2 Å². The minimum absolute atomic E-state index is 0.00793. The molecule has 2 heterocycles. The number of fused-ring (bicyclic) bond motifs is 1. The van der Waals surface area contributed by atoms with Gasteiger partial charge < -0.3 is 23.9 Å². The van der Waals surface area contributed by atoms with Crippen LogP contribution in [0.5, 0.6) is 5.75 Å². The van der Waals surface area contributed by atoms with Crippen LogP contribution < -0.4 is 15.6 Å². The van der Waals surface area contributed by atoms with Crippen molar-refractivity contribution in [1.82, 2.24) is 5.32 Å². The third kappa shape index (κ3) is 4.65. The Morgan fingerprint density at radius 1 is 1.16 bits per heavy atom. The summed E-state index contributed by atoms with van der Waals surface area (Å²) < 4.78 is 21.8. The Morgan fingerprint density at radius 3 is 2.75 bits per heavy atom. The normalized spacial score (nSPS) is 16.2. The fourth-order valence-electron chi connectivity index (χ4n) is 3.58. The maximum Gasteiger partial charge on any atom is 0.337 e. The van der Waals surface area contributed by atoms with Crippen LogP contribution in [0.2, 0.25) is 0 Å². The molecule has 8 nitrogen and oxygen atoms in total. The van der Waals surface area contributed by atoms with Crippen LogP contribution >= 0.6 is 0 Å². The van der Waals surface area contributed by atoms with Gasteiger partial charge >= 0.3 is 5.97 Å². The summed E-state index contributed by atoms with van der Waals surface area (Å²) in [6.45, 7) is 1.12. The zero-order valence-electron chi connectivity index (χ0n) is 17.9. The van der Waals surface area contributed by atoms with Gasteiger partial charge in [0.05, 0.1) is 31.6 Å². The lowest BCUT2D eigenvalue weighted by Gasteiger charge is -2.12. The van der Waals surface area contributed by atoms with Crippen LogP contribution in [0.15, 0.2) is 57.9 Å². The van der Waals surface area contributed by atoms with Crippen molar-refractivity contribution in [1.29, 1.82) is 0 Å². The van der Waals surface area contributed by atoms with Crippen LogP contribution in [0, 0.1) is 0 Å². The van der Waals surface area contributed by atoms with Gasteiger partial charge in [-0.2, -0.15) is 0 Å². The van der Waals surface area contributed by atoms with Gasteiger partial charge in [0.2, 0.25) is 5.55 Å². The van der Waals surface area contributed by atoms with E-state index in [2.05, 4.69) is 10.3 Å². The highest BCUT2D eigenvalue weighted by Crippen LogP contribution is 2.25. The molecule has 0 bridgehead atoms. The van der Waals surface area contributed by atoms with Crippen molar-refractivity contribution in [2.45, 2.75) is 18.9 Å². The lowest BCUT2D eigenvalue weighted by atomic mass is 10.1. The highest BCUT2D eigenvalue weighted by Gasteiger charge is 2.19. The number of hydrogen-bond acceptors (Lipinski definition) is 7. The van der Waals surface area contributed by atoms with Gasteiger partial charge in [0.25, 0.3) is 5.91 Å². The van der Waals surface area contributed by atoms with Gasteiger partial charge in [-0.25, -0.2) is 9.79 Å². The summed E-state index contributed by atoms with van der Waals surface area (Å²) in [6.07, 6.45) is 1.91. The van der Waals surface area contributed by atoms with Crippen molar-refractivity contribution >= 4 is 28.5 Å². The van der Waals surface area contributed by atoms with Gasteiger partial charge in [0.15, 0.2) is 11.3 Å². The molecule has 2 aromatic carbocycles. The lowest BCUT2D eigenvalue weighted by molar-refractivity contribution is 0.0600. The molecule has 0 aliphatic carbocycles. The minimum atomic E-state index is -0.478. The molecule has 1 aromatic heterocycles. The Bertz CT molecular complexity index is 1210. The number of benzene rings is 2. The first-order chi connectivity index (χ1) is 15.6. The third-order valence-electron chi connectivity index (χ3n) is 5.22. The number of amides is 1. The highest BCUT2D eigenvalue weighted by molar-refractivity contribution is 5.97. The summed E-state index contributed by atoms with van der Waals surface area (Å²) in [7, 11) is 2.86. The van der Waals surface area contributed by atoms with E-state index >= 15 is 0 Å². The van der Waals surface area contributed by atoms with Crippen LogP contribution in [0.4, 0.5) is 5.69 Å². The van der Waals surface area contributed by atoms with E-state index in [4.69, 9.17) is 18.6 Å². The molecule has 1 aliphatic rings. The van der Waals surface area contributed by atoms with Crippen molar-refractivity contribution in [3.05, 3.63) is 65.2 Å². The molecule has 1 atom stereocenters. The van der Waals surface area contributed by atoms with Crippen LogP contribution in [0.1, 0.15) is 33.6 Å². The lowest BCUT2D eigenvalue weighted by Crippen LogP contribution is -2.34. The molecule has 0 saturated carbocycles. The Hall–Kier alpha value is -3.65. The number of methoxy groups -OCH3 is 2. The van der Waals surface area contributed by atoms with Crippen molar-refractivity contribution in [3.63, 3.8) is 0 Å². The van der Waals surface area contributed by atoms with Crippen molar-refractivity contribution in [2.24, 2.45) is 4.99 Å². The zero-order chi connectivity index (χ0) is 22.5. The Labute approximate surface area is 184 Å². The highest BCUT2D eigenvalue weighted by atomic mass is 16.5. The summed E-state index contributed by atoms with van der Waals surface area (Å²) in [6, 6.07) is 13.7. The summed E-state index contributed by atoms with van der Waals surface area (Å²) in [5.74, 6) is -0.279. The second-order valence-corrected chi connectivity index (χ2v) is 7.34. The van der Waals surface area contributed by atoms with E-state index in [1.165, 1.54) is 7.11 Å². The summed E-state index contributed by atoms with van der Waals surface area (Å²) in [4.78, 5) is 29.4. The number of carbonyl (C=O) groups excluding carboxylic acids is 2. The quantitative estimate of drug-likeness (QED) is 0.595. The third-order valence-corrected chi connectivity index (χ3v) is 5.22. The van der Waals surface area contributed by atoms with E-state index in [-0.39, 0.29) is 23.1 Å². The summed E-state index contributed by atoms with van der Waals surface area (Å²) >= 11 is 0. The second kappa shape index (κ2) is 9.65. The number of carbonyl (C=O) groups is 2. The maximum absolute atomic E-state index is 13.0. The van der Waals surface area contributed by atoms with Gasteiger partial charge in [0, 0.05) is 18.5 Å². The first kappa shape index (κ1) is 21.6. The summed E-state index contributed by atoms with van der Waals surface area (Å²) in [5.41, 5.74) is 1.63. The molecule has 0 spiro atoms. The molecule has 8 heteroatoms. The average molecular weight is 436 g/mol.